The van der Waals surface area contributed by atoms with Crippen molar-refractivity contribution in [1.29, 1.82) is 0 Å². The largest absolute Gasteiger partial charge is 0.278 e. The molecule has 0 atom stereocenters. The topological polar surface area (TPSA) is 28.7 Å². The van der Waals surface area contributed by atoms with Crippen LogP contribution in [-0.2, 0) is 0 Å². The summed E-state index contributed by atoms with van der Waals surface area (Å²) in [5.41, 5.74) is 0. The summed E-state index contributed by atoms with van der Waals surface area (Å²) in [6.07, 6.45) is 4.81. The summed E-state index contributed by atoms with van der Waals surface area (Å²) in [5.74, 6) is 0. The Morgan fingerprint density at radius 3 is 3.11 bits per heavy atom. The molecule has 0 aliphatic carbocycles. The van der Waals surface area contributed by atoms with Gasteiger partial charge in [-0.3, -0.25) is 5.10 Å². The fourth-order valence-corrected chi connectivity index (χ4v) is 0.702. The Morgan fingerprint density at radius 2 is 2.67 bits per heavy atom. The molecule has 1 heterocycles. The highest BCUT2D eigenvalue weighted by Crippen LogP contribution is 1.70. The monoisotopic (exact) mass is 122 g/mol. The second-order valence-corrected chi connectivity index (χ2v) is 1.92. The van der Waals surface area contributed by atoms with Crippen molar-refractivity contribution in [2.24, 2.45) is 0 Å². The third-order valence-electron chi connectivity index (χ3n) is 1.16. The first-order chi connectivity index (χ1) is 4.34. The van der Waals surface area contributed by atoms with Gasteiger partial charge < -0.3 is 0 Å². The Hall–Kier alpha value is -1.05. The molecule has 0 radical (unpaired) electrons. The zero-order valence-corrected chi connectivity index (χ0v) is 5.52. The van der Waals surface area contributed by atoms with Crippen LogP contribution in [0, 0.1) is 0 Å². The summed E-state index contributed by atoms with van der Waals surface area (Å²) in [6.45, 7) is 5.86. The lowest BCUT2D eigenvalue weighted by Crippen LogP contribution is -2.19. The van der Waals surface area contributed by atoms with Crippen molar-refractivity contribution in [1.82, 2.24) is 10.2 Å². The first-order valence-electron chi connectivity index (χ1n) is 3.03. The number of aromatic nitrogens is 2. The van der Waals surface area contributed by atoms with Crippen LogP contribution in [0.2, 0.25) is 0 Å². The Kier molecular flexibility index (Phi) is 1.68. The summed E-state index contributed by atoms with van der Waals surface area (Å²) in [6, 6.07) is 0. The zero-order chi connectivity index (χ0) is 6.69. The quantitative estimate of drug-likeness (QED) is 0.558. The normalized spacial score (nSPS) is 12.3. The van der Waals surface area contributed by atoms with Gasteiger partial charge in [-0.1, -0.05) is 19.6 Å². The number of rotatable bonds is 1. The Balaban J connectivity index is 3.23. The fourth-order valence-electron chi connectivity index (χ4n) is 0.702. The zero-order valence-electron chi connectivity index (χ0n) is 5.52. The first kappa shape index (κ1) is 6.08. The van der Waals surface area contributed by atoms with Gasteiger partial charge in [-0.15, -0.1) is 0 Å². The van der Waals surface area contributed by atoms with Gasteiger partial charge in [-0.2, -0.15) is 5.10 Å². The van der Waals surface area contributed by atoms with E-state index in [2.05, 4.69) is 29.8 Å². The number of aromatic amines is 1. The lowest BCUT2D eigenvalue weighted by Gasteiger charge is -1.73. The number of hydrogen-bond donors (Lipinski definition) is 1. The standard InChI is InChI=1S/C7H10N2/c1-3-4-7-6(2)5-8-9-7/h4-5,9H,2-3H2,1H3/b7-4+. The molecule has 0 saturated heterocycles. The SMILES string of the molecule is C=c1cn[nH]/c1=C/CC. The molecule has 0 saturated carbocycles. The summed E-state index contributed by atoms with van der Waals surface area (Å²) in [7, 11) is 0. The van der Waals surface area contributed by atoms with Gasteiger partial charge >= 0.3 is 0 Å². The van der Waals surface area contributed by atoms with Crippen molar-refractivity contribution in [2.75, 3.05) is 0 Å². The van der Waals surface area contributed by atoms with Crippen molar-refractivity contribution >= 4 is 12.7 Å². The molecule has 48 valence electrons. The number of H-pyrrole nitrogens is 1. The van der Waals surface area contributed by atoms with E-state index in [-0.39, 0.29) is 0 Å². The van der Waals surface area contributed by atoms with Crippen LogP contribution in [0.1, 0.15) is 13.3 Å². The average molecular weight is 122 g/mol. The lowest BCUT2D eigenvalue weighted by molar-refractivity contribution is 1.05. The number of hydrogen-bond acceptors (Lipinski definition) is 1. The van der Waals surface area contributed by atoms with Crippen LogP contribution in [0.3, 0.4) is 0 Å². The molecule has 0 aromatic carbocycles. The summed E-state index contributed by atoms with van der Waals surface area (Å²) < 4.78 is 0. The second kappa shape index (κ2) is 2.49. The van der Waals surface area contributed by atoms with Crippen molar-refractivity contribution in [3.05, 3.63) is 16.8 Å². The van der Waals surface area contributed by atoms with E-state index in [1.54, 1.807) is 6.20 Å². The molecule has 0 amide bonds. The highest BCUT2D eigenvalue weighted by atomic mass is 15.1. The lowest BCUT2D eigenvalue weighted by atomic mass is 10.4. The van der Waals surface area contributed by atoms with Gasteiger partial charge in [0.1, 0.15) is 0 Å². The molecule has 1 aromatic heterocycles. The maximum atomic E-state index is 3.82. The van der Waals surface area contributed by atoms with Gasteiger partial charge in [-0.05, 0) is 6.42 Å². The van der Waals surface area contributed by atoms with Crippen LogP contribution in [-0.4, -0.2) is 10.2 Å². The third-order valence-corrected chi connectivity index (χ3v) is 1.16. The fraction of sp³-hybridized carbons (Fsp3) is 0.286. The van der Waals surface area contributed by atoms with Crippen molar-refractivity contribution in [3.8, 4) is 0 Å². The molecule has 0 aliphatic heterocycles. The molecule has 0 aliphatic rings. The van der Waals surface area contributed by atoms with Crippen molar-refractivity contribution < 1.29 is 0 Å². The summed E-state index contributed by atoms with van der Waals surface area (Å²) >= 11 is 0. The van der Waals surface area contributed by atoms with Gasteiger partial charge in [0.05, 0.1) is 11.5 Å². The average Bonchev–Trinajstić information content (AvgIpc) is 2.18. The molecule has 2 nitrogen and oxygen atoms in total. The Labute approximate surface area is 53.9 Å². The predicted molar refractivity (Wildman–Crippen MR) is 38.1 cm³/mol. The predicted octanol–water partition coefficient (Wildman–Crippen LogP) is 0.0105. The van der Waals surface area contributed by atoms with Crippen LogP contribution in [0.25, 0.3) is 12.7 Å². The van der Waals surface area contributed by atoms with Gasteiger partial charge in [-0.25, -0.2) is 0 Å². The van der Waals surface area contributed by atoms with Crippen molar-refractivity contribution in [2.45, 2.75) is 13.3 Å². The molecule has 9 heavy (non-hydrogen) atoms. The van der Waals surface area contributed by atoms with Crippen LogP contribution >= 0.6 is 0 Å². The minimum atomic E-state index is 0.969. The van der Waals surface area contributed by atoms with Crippen LogP contribution in [0.5, 0.6) is 0 Å². The smallest absolute Gasteiger partial charge is 0.0604 e. The Bertz CT molecular complexity index is 271. The molecular weight excluding hydrogens is 112 g/mol. The molecule has 0 bridgehead atoms. The minimum Gasteiger partial charge on any atom is -0.278 e. The molecular formula is C7H10N2. The van der Waals surface area contributed by atoms with E-state index in [0.717, 1.165) is 17.0 Å². The van der Waals surface area contributed by atoms with Crippen LogP contribution < -0.4 is 10.6 Å². The molecule has 0 fully saturated rings. The number of nitrogens with one attached hydrogen (secondary N) is 1. The molecule has 1 aromatic rings. The first-order valence-corrected chi connectivity index (χ1v) is 3.03. The summed E-state index contributed by atoms with van der Waals surface area (Å²) in [5, 5.41) is 8.67. The van der Waals surface area contributed by atoms with Gasteiger partial charge in [0, 0.05) is 5.22 Å². The minimum absolute atomic E-state index is 0.969. The van der Waals surface area contributed by atoms with Gasteiger partial charge in [0.15, 0.2) is 0 Å². The summed E-state index contributed by atoms with van der Waals surface area (Å²) in [4.78, 5) is 0. The van der Waals surface area contributed by atoms with E-state index < -0.39 is 0 Å². The van der Waals surface area contributed by atoms with Crippen molar-refractivity contribution in [3.63, 3.8) is 0 Å². The number of nitrogens with zero attached hydrogens (tertiary/aromatic N) is 1. The highest BCUT2D eigenvalue weighted by molar-refractivity contribution is 5.19. The van der Waals surface area contributed by atoms with Gasteiger partial charge in [0.25, 0.3) is 0 Å². The third kappa shape index (κ3) is 1.19. The molecule has 1 rings (SSSR count). The molecule has 2 heteroatoms. The van der Waals surface area contributed by atoms with E-state index in [9.17, 15) is 0 Å². The maximum absolute atomic E-state index is 3.82. The second-order valence-electron chi connectivity index (χ2n) is 1.92. The molecule has 0 unspecified atom stereocenters. The molecule has 0 spiro atoms. The molecule has 1 N–H and O–H groups in total. The van der Waals surface area contributed by atoms with E-state index >= 15 is 0 Å². The van der Waals surface area contributed by atoms with E-state index in [1.165, 1.54) is 0 Å². The van der Waals surface area contributed by atoms with E-state index in [4.69, 9.17) is 0 Å². The van der Waals surface area contributed by atoms with E-state index in [1.807, 2.05) is 0 Å². The highest BCUT2D eigenvalue weighted by Gasteiger charge is 1.79. The Morgan fingerprint density at radius 1 is 1.89 bits per heavy atom. The van der Waals surface area contributed by atoms with E-state index in [0.29, 0.717) is 0 Å². The van der Waals surface area contributed by atoms with Gasteiger partial charge in [0.2, 0.25) is 0 Å². The van der Waals surface area contributed by atoms with Crippen LogP contribution in [0.15, 0.2) is 6.20 Å². The maximum Gasteiger partial charge on any atom is 0.0604 e. The van der Waals surface area contributed by atoms with Crippen LogP contribution in [0.4, 0.5) is 0 Å².